The van der Waals surface area contributed by atoms with E-state index in [1.807, 2.05) is 30.3 Å². The molecule has 1 N–H and O–H groups in total. The molecule has 2 fully saturated rings. The predicted octanol–water partition coefficient (Wildman–Crippen LogP) is 1.60. The molecule has 184 valence electrons. The van der Waals surface area contributed by atoms with Gasteiger partial charge in [-0.1, -0.05) is 30.3 Å². The van der Waals surface area contributed by atoms with Crippen LogP contribution in [0.2, 0.25) is 0 Å². The number of sulfonamides is 1. The molecule has 2 aromatic carbocycles. The number of benzene rings is 2. The van der Waals surface area contributed by atoms with E-state index in [4.69, 9.17) is 4.74 Å². The highest BCUT2D eigenvalue weighted by Crippen LogP contribution is 2.32. The van der Waals surface area contributed by atoms with Crippen LogP contribution >= 0.6 is 0 Å². The zero-order chi connectivity index (χ0) is 24.3. The summed E-state index contributed by atoms with van der Waals surface area (Å²) in [6, 6.07) is 14.3. The van der Waals surface area contributed by atoms with Crippen molar-refractivity contribution in [3.63, 3.8) is 0 Å². The first-order valence-corrected chi connectivity index (χ1v) is 13.0. The number of morpholine rings is 1. The fourth-order valence-electron chi connectivity index (χ4n) is 4.28. The van der Waals surface area contributed by atoms with Crippen molar-refractivity contribution in [3.05, 3.63) is 48.5 Å². The normalized spacial score (nSPS) is 17.0. The zero-order valence-corrected chi connectivity index (χ0v) is 20.0. The number of nitrogens with one attached hydrogen (secondary N) is 1. The van der Waals surface area contributed by atoms with E-state index in [1.54, 1.807) is 18.2 Å². The largest absolute Gasteiger partial charge is 0.379 e. The molecule has 3 heterocycles. The summed E-state index contributed by atoms with van der Waals surface area (Å²) in [5.41, 5.74) is 2.06. The molecule has 35 heavy (non-hydrogen) atoms. The molecule has 0 radical (unpaired) electrons. The van der Waals surface area contributed by atoms with Gasteiger partial charge in [-0.15, -0.1) is 10.2 Å². The summed E-state index contributed by atoms with van der Waals surface area (Å²) in [5, 5.41) is 15.2. The molecule has 1 amide bonds. The molecule has 3 aromatic rings. The second-order valence-electron chi connectivity index (χ2n) is 8.45. The average Bonchev–Trinajstić information content (AvgIpc) is 3.58. The van der Waals surface area contributed by atoms with Crippen LogP contribution < -0.4 is 10.2 Å². The highest BCUT2D eigenvalue weighted by molar-refractivity contribution is 7.89. The van der Waals surface area contributed by atoms with Crippen molar-refractivity contribution in [2.45, 2.75) is 24.3 Å². The highest BCUT2D eigenvalue weighted by Gasteiger charge is 2.28. The topological polar surface area (TPSA) is 123 Å². The van der Waals surface area contributed by atoms with E-state index in [2.05, 4.69) is 25.6 Å². The van der Waals surface area contributed by atoms with Crippen LogP contribution in [0.15, 0.2) is 53.4 Å². The van der Waals surface area contributed by atoms with Gasteiger partial charge in [0.25, 0.3) is 0 Å². The summed E-state index contributed by atoms with van der Waals surface area (Å²) in [5.74, 6) is 0.0538. The quantitative estimate of drug-likeness (QED) is 0.522. The Morgan fingerprint density at radius 3 is 2.49 bits per heavy atom. The number of carbonyl (C=O) groups is 1. The second kappa shape index (κ2) is 10.1. The minimum atomic E-state index is -3.70. The third-order valence-corrected chi connectivity index (χ3v) is 7.96. The number of aromatic nitrogens is 4. The molecule has 0 aliphatic carbocycles. The van der Waals surface area contributed by atoms with Gasteiger partial charge in [-0.2, -0.15) is 9.10 Å². The minimum Gasteiger partial charge on any atom is -0.379 e. The lowest BCUT2D eigenvalue weighted by Gasteiger charge is -2.27. The number of anilines is 2. The van der Waals surface area contributed by atoms with E-state index in [1.165, 1.54) is 9.10 Å². The summed E-state index contributed by atoms with van der Waals surface area (Å²) >= 11 is 0. The van der Waals surface area contributed by atoms with E-state index < -0.39 is 10.0 Å². The first-order chi connectivity index (χ1) is 17.0. The SMILES string of the molecule is O=C(Cn1nnc(-c2ccccc2)n1)Nc1cc(S(=O)(=O)N2CCOCC2)ccc1N1CCCC1. The van der Waals surface area contributed by atoms with E-state index in [0.717, 1.165) is 37.2 Å². The Morgan fingerprint density at radius 2 is 1.74 bits per heavy atom. The lowest BCUT2D eigenvalue weighted by Crippen LogP contribution is -2.40. The Kier molecular flexibility index (Phi) is 6.75. The van der Waals surface area contributed by atoms with Crippen LogP contribution in [0, 0.1) is 0 Å². The number of hydrogen-bond acceptors (Lipinski definition) is 8. The van der Waals surface area contributed by atoms with Gasteiger partial charge in [-0.05, 0) is 36.3 Å². The average molecular weight is 498 g/mol. The summed E-state index contributed by atoms with van der Waals surface area (Å²) in [4.78, 5) is 16.4. The van der Waals surface area contributed by atoms with Crippen LogP contribution in [0.25, 0.3) is 11.4 Å². The molecule has 2 aliphatic heterocycles. The molecule has 0 spiro atoms. The van der Waals surface area contributed by atoms with Gasteiger partial charge >= 0.3 is 0 Å². The van der Waals surface area contributed by atoms with Crippen molar-refractivity contribution >= 4 is 27.3 Å². The first kappa shape index (κ1) is 23.4. The molecule has 5 rings (SSSR count). The second-order valence-corrected chi connectivity index (χ2v) is 10.4. The molecule has 0 unspecified atom stereocenters. The third-order valence-electron chi connectivity index (χ3n) is 6.07. The Bertz CT molecular complexity index is 1280. The highest BCUT2D eigenvalue weighted by atomic mass is 32.2. The first-order valence-electron chi connectivity index (χ1n) is 11.6. The van der Waals surface area contributed by atoms with Crippen molar-refractivity contribution < 1.29 is 17.9 Å². The van der Waals surface area contributed by atoms with Gasteiger partial charge in [0.15, 0.2) is 0 Å². The summed E-state index contributed by atoms with van der Waals surface area (Å²) in [6.07, 6.45) is 2.10. The van der Waals surface area contributed by atoms with Crippen molar-refractivity contribution in [1.82, 2.24) is 24.5 Å². The van der Waals surface area contributed by atoms with E-state index in [-0.39, 0.29) is 17.3 Å². The van der Waals surface area contributed by atoms with Crippen molar-refractivity contribution in [3.8, 4) is 11.4 Å². The molecule has 2 saturated heterocycles. The van der Waals surface area contributed by atoms with Gasteiger partial charge in [0, 0.05) is 31.7 Å². The third kappa shape index (κ3) is 5.19. The maximum Gasteiger partial charge on any atom is 0.248 e. The Hall–Kier alpha value is -3.35. The molecule has 0 bridgehead atoms. The van der Waals surface area contributed by atoms with Crippen LogP contribution in [0.1, 0.15) is 12.8 Å². The molecule has 12 heteroatoms. The molecule has 11 nitrogen and oxygen atoms in total. The van der Waals surface area contributed by atoms with Gasteiger partial charge in [0.1, 0.15) is 6.54 Å². The molecule has 2 aliphatic rings. The van der Waals surface area contributed by atoms with E-state index in [0.29, 0.717) is 37.8 Å². The molecular weight excluding hydrogens is 470 g/mol. The lowest BCUT2D eigenvalue weighted by atomic mass is 10.2. The Morgan fingerprint density at radius 1 is 1.00 bits per heavy atom. The Balaban J connectivity index is 1.37. The predicted molar refractivity (Wildman–Crippen MR) is 129 cm³/mol. The van der Waals surface area contributed by atoms with Gasteiger partial charge in [0.05, 0.1) is 29.5 Å². The number of amides is 1. The smallest absolute Gasteiger partial charge is 0.248 e. The number of rotatable bonds is 7. The van der Waals surface area contributed by atoms with Gasteiger partial charge < -0.3 is 15.0 Å². The fourth-order valence-corrected chi connectivity index (χ4v) is 5.71. The number of ether oxygens (including phenoxy) is 1. The van der Waals surface area contributed by atoms with E-state index in [9.17, 15) is 13.2 Å². The maximum atomic E-state index is 13.2. The van der Waals surface area contributed by atoms with Crippen LogP contribution in [-0.4, -0.2) is 78.2 Å². The zero-order valence-electron chi connectivity index (χ0n) is 19.2. The molecular formula is C23H27N7O4S. The molecule has 1 aromatic heterocycles. The number of tetrazole rings is 1. The summed E-state index contributed by atoms with van der Waals surface area (Å²) in [7, 11) is -3.70. The fraction of sp³-hybridized carbons (Fsp3) is 0.391. The van der Waals surface area contributed by atoms with Crippen molar-refractivity contribution in [1.29, 1.82) is 0 Å². The maximum absolute atomic E-state index is 13.2. The number of hydrogen-bond donors (Lipinski definition) is 1. The molecule has 0 saturated carbocycles. The van der Waals surface area contributed by atoms with Gasteiger partial charge in [0.2, 0.25) is 21.8 Å². The number of carbonyl (C=O) groups excluding carboxylic acids is 1. The number of nitrogens with zero attached hydrogens (tertiary/aromatic N) is 6. The van der Waals surface area contributed by atoms with Crippen LogP contribution in [0.3, 0.4) is 0 Å². The standard InChI is InChI=1S/C23H27N7O4S/c31-22(17-30-26-23(25-27-30)18-6-2-1-3-7-18)24-20-16-19(8-9-21(20)28-10-4-5-11-28)35(32,33)29-12-14-34-15-13-29/h1-3,6-9,16H,4-5,10-15,17H2,(H,24,31). The molecule has 0 atom stereocenters. The summed E-state index contributed by atoms with van der Waals surface area (Å²) < 4.78 is 33.1. The minimum absolute atomic E-state index is 0.142. The van der Waals surface area contributed by atoms with Gasteiger partial charge in [-0.25, -0.2) is 8.42 Å². The van der Waals surface area contributed by atoms with Gasteiger partial charge in [-0.3, -0.25) is 4.79 Å². The van der Waals surface area contributed by atoms with Crippen LogP contribution in [0.4, 0.5) is 11.4 Å². The van der Waals surface area contributed by atoms with Crippen molar-refractivity contribution in [2.24, 2.45) is 0 Å². The van der Waals surface area contributed by atoms with Crippen LogP contribution in [-0.2, 0) is 26.1 Å². The monoisotopic (exact) mass is 497 g/mol. The Labute approximate surface area is 203 Å². The van der Waals surface area contributed by atoms with Crippen LogP contribution in [0.5, 0.6) is 0 Å². The lowest BCUT2D eigenvalue weighted by molar-refractivity contribution is -0.117. The van der Waals surface area contributed by atoms with E-state index >= 15 is 0 Å². The summed E-state index contributed by atoms with van der Waals surface area (Å²) in [6.45, 7) is 2.89. The van der Waals surface area contributed by atoms with Crippen molar-refractivity contribution in [2.75, 3.05) is 49.6 Å².